The zero-order valence-electron chi connectivity index (χ0n) is 9.90. The minimum atomic E-state index is -0.132. The standard InChI is InChI=1S/C12H18N2O2/c1-8-4-5-10(6-11(8)15)12(16)14(3)7-9(2)13/h4-6,9,15H,7,13H2,1-3H3. The summed E-state index contributed by atoms with van der Waals surface area (Å²) in [5.74, 6) is 0.00708. The van der Waals surface area contributed by atoms with E-state index in [1.54, 1.807) is 31.0 Å². The van der Waals surface area contributed by atoms with E-state index in [2.05, 4.69) is 0 Å². The first-order valence-corrected chi connectivity index (χ1v) is 5.22. The van der Waals surface area contributed by atoms with Gasteiger partial charge in [0.2, 0.25) is 0 Å². The van der Waals surface area contributed by atoms with Crippen molar-refractivity contribution in [2.24, 2.45) is 5.73 Å². The second kappa shape index (κ2) is 4.99. The van der Waals surface area contributed by atoms with Crippen molar-refractivity contribution >= 4 is 5.91 Å². The molecule has 0 radical (unpaired) electrons. The van der Waals surface area contributed by atoms with Crippen LogP contribution in [0.5, 0.6) is 5.75 Å². The smallest absolute Gasteiger partial charge is 0.253 e. The Morgan fingerprint density at radius 3 is 2.69 bits per heavy atom. The highest BCUT2D eigenvalue weighted by Gasteiger charge is 2.13. The summed E-state index contributed by atoms with van der Waals surface area (Å²) in [7, 11) is 1.70. The predicted octanol–water partition coefficient (Wildman–Crippen LogP) is 1.12. The molecule has 0 heterocycles. The number of aryl methyl sites for hydroxylation is 1. The Morgan fingerprint density at radius 1 is 1.56 bits per heavy atom. The van der Waals surface area contributed by atoms with E-state index < -0.39 is 0 Å². The molecule has 4 heteroatoms. The number of carbonyl (C=O) groups is 1. The fourth-order valence-corrected chi connectivity index (χ4v) is 1.48. The third-order valence-corrected chi connectivity index (χ3v) is 2.36. The largest absolute Gasteiger partial charge is 0.508 e. The number of aromatic hydroxyl groups is 1. The molecule has 1 amide bonds. The molecule has 4 nitrogen and oxygen atoms in total. The Bertz CT molecular complexity index is 389. The summed E-state index contributed by atoms with van der Waals surface area (Å²) < 4.78 is 0. The molecule has 0 aromatic heterocycles. The number of nitrogens with two attached hydrogens (primary N) is 1. The van der Waals surface area contributed by atoms with Gasteiger partial charge in [-0.25, -0.2) is 0 Å². The first-order valence-electron chi connectivity index (χ1n) is 5.22. The number of phenolic OH excluding ortho intramolecular Hbond substituents is 1. The third kappa shape index (κ3) is 2.97. The average Bonchev–Trinajstić information content (AvgIpc) is 2.20. The van der Waals surface area contributed by atoms with Crippen LogP contribution in [-0.2, 0) is 0 Å². The number of amides is 1. The van der Waals surface area contributed by atoms with E-state index in [0.717, 1.165) is 5.56 Å². The molecular formula is C12H18N2O2. The van der Waals surface area contributed by atoms with Crippen LogP contribution in [0.4, 0.5) is 0 Å². The minimum absolute atomic E-state index is 0.0620. The first kappa shape index (κ1) is 12.5. The van der Waals surface area contributed by atoms with E-state index in [0.29, 0.717) is 12.1 Å². The lowest BCUT2D eigenvalue weighted by atomic mass is 10.1. The summed E-state index contributed by atoms with van der Waals surface area (Å²) in [6.07, 6.45) is 0. The van der Waals surface area contributed by atoms with Gasteiger partial charge in [-0.3, -0.25) is 4.79 Å². The van der Waals surface area contributed by atoms with Gasteiger partial charge in [0.1, 0.15) is 5.75 Å². The summed E-state index contributed by atoms with van der Waals surface area (Å²) in [4.78, 5) is 13.5. The van der Waals surface area contributed by atoms with Crippen molar-refractivity contribution in [2.45, 2.75) is 19.9 Å². The van der Waals surface area contributed by atoms with Crippen molar-refractivity contribution < 1.29 is 9.90 Å². The quantitative estimate of drug-likeness (QED) is 0.805. The molecule has 0 aliphatic rings. The zero-order chi connectivity index (χ0) is 12.3. The summed E-state index contributed by atoms with van der Waals surface area (Å²) >= 11 is 0. The predicted molar refractivity (Wildman–Crippen MR) is 63.5 cm³/mol. The fourth-order valence-electron chi connectivity index (χ4n) is 1.48. The maximum Gasteiger partial charge on any atom is 0.253 e. The molecule has 0 saturated heterocycles. The van der Waals surface area contributed by atoms with Crippen LogP contribution in [-0.4, -0.2) is 35.5 Å². The second-order valence-corrected chi connectivity index (χ2v) is 4.16. The van der Waals surface area contributed by atoms with Crippen LogP contribution < -0.4 is 5.73 Å². The molecule has 16 heavy (non-hydrogen) atoms. The van der Waals surface area contributed by atoms with E-state index in [1.807, 2.05) is 6.92 Å². The van der Waals surface area contributed by atoms with E-state index >= 15 is 0 Å². The van der Waals surface area contributed by atoms with Gasteiger partial charge in [-0.2, -0.15) is 0 Å². The monoisotopic (exact) mass is 222 g/mol. The van der Waals surface area contributed by atoms with Crippen molar-refractivity contribution in [3.05, 3.63) is 29.3 Å². The number of hydrogen-bond acceptors (Lipinski definition) is 3. The van der Waals surface area contributed by atoms with Crippen molar-refractivity contribution in [3.8, 4) is 5.75 Å². The Morgan fingerprint density at radius 2 is 2.19 bits per heavy atom. The maximum atomic E-state index is 11.9. The van der Waals surface area contributed by atoms with Crippen LogP contribution in [0, 0.1) is 6.92 Å². The van der Waals surface area contributed by atoms with E-state index in [4.69, 9.17) is 5.73 Å². The van der Waals surface area contributed by atoms with E-state index in [1.165, 1.54) is 6.07 Å². The van der Waals surface area contributed by atoms with Crippen molar-refractivity contribution in [2.75, 3.05) is 13.6 Å². The SMILES string of the molecule is Cc1ccc(C(=O)N(C)CC(C)N)cc1O. The normalized spacial score (nSPS) is 12.2. The van der Waals surface area contributed by atoms with Gasteiger partial charge < -0.3 is 15.7 Å². The number of hydrogen-bond donors (Lipinski definition) is 2. The van der Waals surface area contributed by atoms with Gasteiger partial charge in [-0.05, 0) is 31.5 Å². The van der Waals surface area contributed by atoms with Crippen molar-refractivity contribution in [3.63, 3.8) is 0 Å². The van der Waals surface area contributed by atoms with E-state index in [-0.39, 0.29) is 17.7 Å². The molecule has 1 rings (SSSR count). The molecule has 1 atom stereocenters. The number of carbonyl (C=O) groups excluding carboxylic acids is 1. The highest BCUT2D eigenvalue weighted by Crippen LogP contribution is 2.18. The molecule has 1 aromatic rings. The molecule has 0 fully saturated rings. The van der Waals surface area contributed by atoms with Crippen molar-refractivity contribution in [1.29, 1.82) is 0 Å². The molecule has 1 unspecified atom stereocenters. The Balaban J connectivity index is 2.84. The number of nitrogens with zero attached hydrogens (tertiary/aromatic N) is 1. The molecule has 0 bridgehead atoms. The maximum absolute atomic E-state index is 11.9. The van der Waals surface area contributed by atoms with E-state index in [9.17, 15) is 9.90 Å². The number of phenols is 1. The second-order valence-electron chi connectivity index (χ2n) is 4.16. The van der Waals surface area contributed by atoms with Crippen LogP contribution in [0.3, 0.4) is 0 Å². The molecule has 0 saturated carbocycles. The Hall–Kier alpha value is -1.55. The zero-order valence-corrected chi connectivity index (χ0v) is 9.90. The van der Waals surface area contributed by atoms with Crippen LogP contribution in [0.1, 0.15) is 22.8 Å². The Kier molecular flexibility index (Phi) is 3.90. The minimum Gasteiger partial charge on any atom is -0.508 e. The van der Waals surface area contributed by atoms with Gasteiger partial charge in [0, 0.05) is 25.2 Å². The topological polar surface area (TPSA) is 66.6 Å². The Labute approximate surface area is 95.7 Å². The highest BCUT2D eigenvalue weighted by molar-refractivity contribution is 5.94. The summed E-state index contributed by atoms with van der Waals surface area (Å²) in [5.41, 5.74) is 6.85. The van der Waals surface area contributed by atoms with Gasteiger partial charge in [-0.15, -0.1) is 0 Å². The molecule has 1 aromatic carbocycles. The van der Waals surface area contributed by atoms with Crippen LogP contribution in [0.25, 0.3) is 0 Å². The lowest BCUT2D eigenvalue weighted by Crippen LogP contribution is -2.36. The number of rotatable bonds is 3. The van der Waals surface area contributed by atoms with Crippen molar-refractivity contribution in [1.82, 2.24) is 4.90 Å². The fraction of sp³-hybridized carbons (Fsp3) is 0.417. The van der Waals surface area contributed by atoms with Crippen LogP contribution in [0.15, 0.2) is 18.2 Å². The van der Waals surface area contributed by atoms with Crippen LogP contribution in [0.2, 0.25) is 0 Å². The lowest BCUT2D eigenvalue weighted by Gasteiger charge is -2.19. The molecule has 0 spiro atoms. The van der Waals surface area contributed by atoms with Gasteiger partial charge in [0.15, 0.2) is 0 Å². The van der Waals surface area contributed by atoms with Gasteiger partial charge >= 0.3 is 0 Å². The van der Waals surface area contributed by atoms with Gasteiger partial charge in [0.25, 0.3) is 5.91 Å². The average molecular weight is 222 g/mol. The van der Waals surface area contributed by atoms with Crippen LogP contribution >= 0.6 is 0 Å². The third-order valence-electron chi connectivity index (χ3n) is 2.36. The number of likely N-dealkylation sites (N-methyl/N-ethyl adjacent to an activating group) is 1. The summed E-state index contributed by atoms with van der Waals surface area (Å²) in [5, 5.41) is 9.52. The molecular weight excluding hydrogens is 204 g/mol. The molecule has 88 valence electrons. The van der Waals surface area contributed by atoms with Gasteiger partial charge in [-0.1, -0.05) is 6.07 Å². The number of benzene rings is 1. The summed E-state index contributed by atoms with van der Waals surface area (Å²) in [6, 6.07) is 4.85. The van der Waals surface area contributed by atoms with Gasteiger partial charge in [0.05, 0.1) is 0 Å². The molecule has 3 N–H and O–H groups in total. The molecule has 0 aliphatic heterocycles. The highest BCUT2D eigenvalue weighted by atomic mass is 16.3. The molecule has 0 aliphatic carbocycles. The summed E-state index contributed by atoms with van der Waals surface area (Å²) in [6.45, 7) is 4.12. The first-order chi connectivity index (χ1) is 7.41. The lowest BCUT2D eigenvalue weighted by molar-refractivity contribution is 0.0788.